The Balaban J connectivity index is 2.37. The van der Waals surface area contributed by atoms with Crippen LogP contribution in [0.2, 0.25) is 5.02 Å². The van der Waals surface area contributed by atoms with Gasteiger partial charge in [0.25, 0.3) is 0 Å². The van der Waals surface area contributed by atoms with E-state index in [-0.39, 0.29) is 5.75 Å². The summed E-state index contributed by atoms with van der Waals surface area (Å²) >= 11 is 5.79. The molecule has 0 heterocycles. The molecule has 4 heteroatoms. The molecule has 1 aromatic carbocycles. The van der Waals surface area contributed by atoms with Crippen LogP contribution in [0.15, 0.2) is 18.2 Å². The van der Waals surface area contributed by atoms with Crippen LogP contribution in [-0.4, -0.2) is 19.7 Å². The second kappa shape index (κ2) is 6.64. The molecule has 0 aliphatic heterocycles. The van der Waals surface area contributed by atoms with Crippen molar-refractivity contribution in [2.45, 2.75) is 13.3 Å². The van der Waals surface area contributed by atoms with E-state index in [0.29, 0.717) is 11.6 Å². The Morgan fingerprint density at radius 3 is 2.93 bits per heavy atom. The molecular weight excluding hydrogens is 217 g/mol. The lowest BCUT2D eigenvalue weighted by molar-refractivity contribution is 0.294. The molecule has 0 bridgehead atoms. The largest absolute Gasteiger partial charge is 0.489 e. The van der Waals surface area contributed by atoms with Gasteiger partial charge in [-0.3, -0.25) is 0 Å². The summed E-state index contributed by atoms with van der Waals surface area (Å²) in [6.07, 6.45) is 0.832. The second-order valence-corrected chi connectivity index (χ2v) is 3.51. The first-order valence-electron chi connectivity index (χ1n) is 5.03. The molecule has 0 spiro atoms. The Hall–Kier alpha value is -0.800. The van der Waals surface area contributed by atoms with Gasteiger partial charge >= 0.3 is 0 Å². The Morgan fingerprint density at radius 1 is 1.47 bits per heavy atom. The first-order valence-corrected chi connectivity index (χ1v) is 5.41. The molecule has 1 N–H and O–H groups in total. The Morgan fingerprint density at radius 2 is 2.27 bits per heavy atom. The molecule has 1 rings (SSSR count). The summed E-state index contributed by atoms with van der Waals surface area (Å²) in [7, 11) is 0. The van der Waals surface area contributed by atoms with Gasteiger partial charge in [0.2, 0.25) is 0 Å². The summed E-state index contributed by atoms with van der Waals surface area (Å²) in [4.78, 5) is 0. The number of rotatable bonds is 6. The third kappa shape index (κ3) is 4.06. The fourth-order valence-corrected chi connectivity index (χ4v) is 1.39. The van der Waals surface area contributed by atoms with Crippen LogP contribution in [0.25, 0.3) is 0 Å². The van der Waals surface area contributed by atoms with E-state index in [2.05, 4.69) is 5.32 Å². The lowest BCUT2D eigenvalue weighted by Crippen LogP contribution is -2.16. The summed E-state index contributed by atoms with van der Waals surface area (Å²) in [6, 6.07) is 4.51. The van der Waals surface area contributed by atoms with Gasteiger partial charge < -0.3 is 10.1 Å². The van der Waals surface area contributed by atoms with Crippen LogP contribution in [0.1, 0.15) is 13.3 Å². The number of benzene rings is 1. The molecule has 0 aromatic heterocycles. The number of nitrogens with one attached hydrogen (secondary N) is 1. The van der Waals surface area contributed by atoms with E-state index in [4.69, 9.17) is 16.3 Å². The summed E-state index contributed by atoms with van der Waals surface area (Å²) in [5.74, 6) is -0.262. The molecule has 0 saturated carbocycles. The molecule has 0 aliphatic carbocycles. The topological polar surface area (TPSA) is 21.3 Å². The fraction of sp³-hybridized carbons (Fsp3) is 0.455. The normalized spacial score (nSPS) is 10.3. The van der Waals surface area contributed by atoms with Crippen molar-refractivity contribution in [2.75, 3.05) is 19.7 Å². The molecule has 0 unspecified atom stereocenters. The summed E-state index contributed by atoms with van der Waals surface area (Å²) in [6.45, 7) is 4.30. The van der Waals surface area contributed by atoms with Crippen molar-refractivity contribution in [3.05, 3.63) is 29.0 Å². The van der Waals surface area contributed by atoms with E-state index in [0.717, 1.165) is 19.5 Å². The first-order chi connectivity index (χ1) is 7.25. The van der Waals surface area contributed by atoms with Crippen molar-refractivity contribution in [3.63, 3.8) is 0 Å². The predicted molar refractivity (Wildman–Crippen MR) is 60.1 cm³/mol. The Kier molecular flexibility index (Phi) is 5.43. The van der Waals surface area contributed by atoms with Gasteiger partial charge in [-0.15, -0.1) is 0 Å². The molecule has 0 atom stereocenters. The highest BCUT2D eigenvalue weighted by Gasteiger charge is 2.06. The number of para-hydroxylation sites is 1. The number of ether oxygens (including phenoxy) is 1. The van der Waals surface area contributed by atoms with Gasteiger partial charge in [0.05, 0.1) is 11.6 Å². The van der Waals surface area contributed by atoms with Crippen LogP contribution in [0.4, 0.5) is 4.39 Å². The monoisotopic (exact) mass is 231 g/mol. The van der Waals surface area contributed by atoms with Crippen molar-refractivity contribution in [1.82, 2.24) is 5.32 Å². The average Bonchev–Trinajstić information content (AvgIpc) is 2.21. The van der Waals surface area contributed by atoms with Crippen LogP contribution in [0.5, 0.6) is 5.75 Å². The van der Waals surface area contributed by atoms with Gasteiger partial charge in [-0.2, -0.15) is 0 Å². The van der Waals surface area contributed by atoms with Gasteiger partial charge in [-0.1, -0.05) is 24.6 Å². The smallest absolute Gasteiger partial charge is 0.173 e. The summed E-state index contributed by atoms with van der Waals surface area (Å²) in [5, 5.41) is 3.48. The SMILES string of the molecule is CCNCCCOc1c(F)cccc1Cl. The molecule has 2 nitrogen and oxygen atoms in total. The van der Waals surface area contributed by atoms with Crippen molar-refractivity contribution in [2.24, 2.45) is 0 Å². The molecule has 0 radical (unpaired) electrons. The quantitative estimate of drug-likeness (QED) is 0.761. The second-order valence-electron chi connectivity index (χ2n) is 3.11. The van der Waals surface area contributed by atoms with Crippen LogP contribution >= 0.6 is 11.6 Å². The first kappa shape index (κ1) is 12.3. The zero-order chi connectivity index (χ0) is 11.1. The van der Waals surface area contributed by atoms with Crippen molar-refractivity contribution in [1.29, 1.82) is 0 Å². The van der Waals surface area contributed by atoms with Crippen molar-refractivity contribution in [3.8, 4) is 5.75 Å². The predicted octanol–water partition coefficient (Wildman–Crippen LogP) is 2.86. The number of halogens is 2. The lowest BCUT2D eigenvalue weighted by Gasteiger charge is -2.08. The molecule has 15 heavy (non-hydrogen) atoms. The van der Waals surface area contributed by atoms with Crippen LogP contribution in [0, 0.1) is 5.82 Å². The van der Waals surface area contributed by atoms with Crippen LogP contribution < -0.4 is 10.1 Å². The van der Waals surface area contributed by atoms with Gasteiger partial charge in [-0.05, 0) is 31.6 Å². The lowest BCUT2D eigenvalue weighted by atomic mass is 10.3. The minimum atomic E-state index is -0.411. The molecule has 1 aromatic rings. The third-order valence-electron chi connectivity index (χ3n) is 1.91. The van der Waals surface area contributed by atoms with E-state index in [9.17, 15) is 4.39 Å². The van der Waals surface area contributed by atoms with Crippen LogP contribution in [-0.2, 0) is 0 Å². The fourth-order valence-electron chi connectivity index (χ4n) is 1.17. The van der Waals surface area contributed by atoms with Crippen molar-refractivity contribution >= 4 is 11.6 Å². The maximum atomic E-state index is 13.2. The number of hydrogen-bond acceptors (Lipinski definition) is 2. The zero-order valence-corrected chi connectivity index (χ0v) is 9.48. The highest BCUT2D eigenvalue weighted by molar-refractivity contribution is 6.32. The molecule has 0 saturated heterocycles. The van der Waals surface area contributed by atoms with Gasteiger partial charge in [0, 0.05) is 0 Å². The average molecular weight is 232 g/mol. The maximum absolute atomic E-state index is 13.2. The molecular formula is C11H15ClFNO. The van der Waals surface area contributed by atoms with E-state index in [1.54, 1.807) is 12.1 Å². The standard InChI is InChI=1S/C11H15ClFNO/c1-2-14-7-4-8-15-11-9(12)5-3-6-10(11)13/h3,5-6,14H,2,4,7-8H2,1H3. The maximum Gasteiger partial charge on any atom is 0.173 e. The minimum absolute atomic E-state index is 0.149. The van der Waals surface area contributed by atoms with E-state index in [1.165, 1.54) is 6.07 Å². The number of hydrogen-bond donors (Lipinski definition) is 1. The highest BCUT2D eigenvalue weighted by Crippen LogP contribution is 2.27. The minimum Gasteiger partial charge on any atom is -0.489 e. The van der Waals surface area contributed by atoms with Crippen molar-refractivity contribution < 1.29 is 9.13 Å². The summed E-state index contributed by atoms with van der Waals surface area (Å²) in [5.41, 5.74) is 0. The molecule has 0 aliphatic rings. The van der Waals surface area contributed by atoms with Gasteiger partial charge in [-0.25, -0.2) is 4.39 Å². The summed E-state index contributed by atoms with van der Waals surface area (Å²) < 4.78 is 18.5. The molecule has 0 fully saturated rings. The molecule has 0 amide bonds. The van der Waals surface area contributed by atoms with Gasteiger partial charge in [0.1, 0.15) is 0 Å². The zero-order valence-electron chi connectivity index (χ0n) is 8.72. The third-order valence-corrected chi connectivity index (χ3v) is 2.21. The van der Waals surface area contributed by atoms with E-state index >= 15 is 0 Å². The Bertz CT molecular complexity index is 286. The molecule has 84 valence electrons. The highest BCUT2D eigenvalue weighted by atomic mass is 35.5. The van der Waals surface area contributed by atoms with E-state index in [1.807, 2.05) is 6.92 Å². The Labute approximate surface area is 94.4 Å². The van der Waals surface area contributed by atoms with Crippen LogP contribution in [0.3, 0.4) is 0 Å². The van der Waals surface area contributed by atoms with Gasteiger partial charge in [0.15, 0.2) is 11.6 Å². The van der Waals surface area contributed by atoms with E-state index < -0.39 is 5.82 Å².